The van der Waals surface area contributed by atoms with Crippen molar-refractivity contribution in [3.05, 3.63) is 36.0 Å². The third-order valence-electron chi connectivity index (χ3n) is 4.55. The van der Waals surface area contributed by atoms with Gasteiger partial charge in [0.05, 0.1) is 13.0 Å². The molecule has 1 fully saturated rings. The van der Waals surface area contributed by atoms with Gasteiger partial charge in [-0.05, 0) is 19.1 Å². The van der Waals surface area contributed by atoms with E-state index in [0.29, 0.717) is 5.75 Å². The zero-order chi connectivity index (χ0) is 19.6. The van der Waals surface area contributed by atoms with Crippen molar-refractivity contribution in [3.63, 3.8) is 0 Å². The molecule has 0 spiro atoms. The van der Waals surface area contributed by atoms with E-state index in [4.69, 9.17) is 4.74 Å². The minimum atomic E-state index is -0.756. The molecule has 1 N–H and O–H groups in total. The zero-order valence-corrected chi connectivity index (χ0v) is 15.6. The highest BCUT2D eigenvalue weighted by atomic mass is 16.5. The molecule has 0 aliphatic carbocycles. The van der Waals surface area contributed by atoms with Crippen LogP contribution in [0.15, 0.2) is 30.3 Å². The van der Waals surface area contributed by atoms with Crippen LogP contribution in [0.5, 0.6) is 5.75 Å². The third-order valence-corrected chi connectivity index (χ3v) is 4.55. The van der Waals surface area contributed by atoms with Crippen molar-refractivity contribution in [2.75, 3.05) is 27.2 Å². The van der Waals surface area contributed by atoms with Gasteiger partial charge in [-0.15, -0.1) is 0 Å². The molecule has 1 aliphatic rings. The predicted octanol–water partition coefficient (Wildman–Crippen LogP) is 1.32. The maximum Gasteiger partial charge on any atom is 0.326 e. The molecule has 1 saturated heterocycles. The highest BCUT2D eigenvalue weighted by Crippen LogP contribution is 2.23. The van der Waals surface area contributed by atoms with E-state index in [9.17, 15) is 14.4 Å². The van der Waals surface area contributed by atoms with Crippen LogP contribution in [-0.4, -0.2) is 65.9 Å². The Bertz CT molecular complexity index is 898. The second kappa shape index (κ2) is 7.61. The van der Waals surface area contributed by atoms with E-state index >= 15 is 0 Å². The second-order valence-electron chi connectivity index (χ2n) is 6.49. The number of aromatic nitrogens is 1. The number of carbonyl (C=O) groups excluding carboxylic acids is 3. The van der Waals surface area contributed by atoms with Gasteiger partial charge in [0, 0.05) is 25.2 Å². The van der Waals surface area contributed by atoms with Crippen LogP contribution in [0.2, 0.25) is 0 Å². The summed E-state index contributed by atoms with van der Waals surface area (Å²) in [5, 5.41) is 3.70. The average molecular weight is 370 g/mol. The molecule has 4 amide bonds. The van der Waals surface area contributed by atoms with Crippen molar-refractivity contribution in [2.45, 2.75) is 19.4 Å². The van der Waals surface area contributed by atoms with E-state index in [-0.39, 0.29) is 31.4 Å². The molecule has 0 saturated carbocycles. The first-order chi connectivity index (χ1) is 12.9. The molecule has 1 atom stereocenters. The quantitative estimate of drug-likeness (QED) is 0.612. The SMILES string of the molecule is Cc1ccc2cccc(OCCNC(=O)CC3C(=O)N(C)C(=O)N3C)c2n1. The Morgan fingerprint density at radius 1 is 1.22 bits per heavy atom. The average Bonchev–Trinajstić information content (AvgIpc) is 2.83. The molecule has 142 valence electrons. The zero-order valence-electron chi connectivity index (χ0n) is 15.6. The molecule has 1 unspecified atom stereocenters. The lowest BCUT2D eigenvalue weighted by Crippen LogP contribution is -2.38. The lowest BCUT2D eigenvalue weighted by Gasteiger charge is -2.16. The number of hydrogen-bond donors (Lipinski definition) is 1. The Kier molecular flexibility index (Phi) is 5.25. The number of aryl methyl sites for hydroxylation is 1. The number of urea groups is 1. The first-order valence-corrected chi connectivity index (χ1v) is 8.68. The van der Waals surface area contributed by atoms with Crippen LogP contribution in [0.25, 0.3) is 10.9 Å². The molecule has 2 heterocycles. The minimum absolute atomic E-state index is 0.0690. The van der Waals surface area contributed by atoms with Gasteiger partial charge in [-0.1, -0.05) is 18.2 Å². The Morgan fingerprint density at radius 3 is 2.70 bits per heavy atom. The monoisotopic (exact) mass is 370 g/mol. The first-order valence-electron chi connectivity index (χ1n) is 8.68. The number of amides is 4. The summed E-state index contributed by atoms with van der Waals surface area (Å²) in [6.07, 6.45) is -0.0690. The Labute approximate surface area is 157 Å². The van der Waals surface area contributed by atoms with E-state index in [1.807, 2.05) is 37.3 Å². The summed E-state index contributed by atoms with van der Waals surface area (Å²) in [6, 6.07) is 8.46. The van der Waals surface area contributed by atoms with Crippen molar-refractivity contribution in [1.82, 2.24) is 20.1 Å². The number of likely N-dealkylation sites (N-methyl/N-ethyl adjacent to an activating group) is 2. The Balaban J connectivity index is 1.51. The fourth-order valence-electron chi connectivity index (χ4n) is 3.01. The summed E-state index contributed by atoms with van der Waals surface area (Å²) in [5.74, 6) is -0.0201. The smallest absolute Gasteiger partial charge is 0.326 e. The van der Waals surface area contributed by atoms with Gasteiger partial charge in [-0.3, -0.25) is 14.5 Å². The van der Waals surface area contributed by atoms with Crippen LogP contribution in [0.1, 0.15) is 12.1 Å². The standard InChI is InChI=1S/C19H22N4O4/c1-12-7-8-13-5-4-6-15(17(13)21-12)27-10-9-20-16(24)11-14-18(25)23(3)19(26)22(14)2/h4-8,14H,9-11H2,1-3H3,(H,20,24). The van der Waals surface area contributed by atoms with Crippen LogP contribution in [0.3, 0.4) is 0 Å². The number of para-hydroxylation sites is 1. The van der Waals surface area contributed by atoms with Crippen molar-refractivity contribution in [2.24, 2.45) is 0 Å². The maximum absolute atomic E-state index is 12.1. The number of nitrogens with one attached hydrogen (secondary N) is 1. The minimum Gasteiger partial charge on any atom is -0.489 e. The first kappa shape index (κ1) is 18.6. The summed E-state index contributed by atoms with van der Waals surface area (Å²) in [5.41, 5.74) is 1.68. The van der Waals surface area contributed by atoms with Gasteiger partial charge in [-0.25, -0.2) is 9.78 Å². The van der Waals surface area contributed by atoms with Gasteiger partial charge >= 0.3 is 6.03 Å². The molecular weight excluding hydrogens is 348 g/mol. The van der Waals surface area contributed by atoms with Crippen LogP contribution in [0, 0.1) is 6.92 Å². The number of hydrogen-bond acceptors (Lipinski definition) is 5. The normalized spacial score (nSPS) is 16.9. The number of nitrogens with zero attached hydrogens (tertiary/aromatic N) is 3. The summed E-state index contributed by atoms with van der Waals surface area (Å²) in [7, 11) is 2.92. The van der Waals surface area contributed by atoms with Gasteiger partial charge in [0.2, 0.25) is 5.91 Å². The molecule has 1 aliphatic heterocycles. The molecule has 0 bridgehead atoms. The van der Waals surface area contributed by atoms with E-state index in [0.717, 1.165) is 21.5 Å². The molecule has 1 aromatic carbocycles. The number of imide groups is 1. The predicted molar refractivity (Wildman–Crippen MR) is 99.3 cm³/mol. The lowest BCUT2D eigenvalue weighted by molar-refractivity contribution is -0.131. The fourth-order valence-corrected chi connectivity index (χ4v) is 3.01. The number of ether oxygens (including phenoxy) is 1. The molecule has 2 aromatic rings. The Morgan fingerprint density at radius 2 is 2.00 bits per heavy atom. The van der Waals surface area contributed by atoms with Gasteiger partial charge in [0.15, 0.2) is 0 Å². The fraction of sp³-hybridized carbons (Fsp3) is 0.368. The third kappa shape index (κ3) is 3.84. The number of rotatable bonds is 6. The van der Waals surface area contributed by atoms with Crippen molar-refractivity contribution in [1.29, 1.82) is 0 Å². The number of carbonyl (C=O) groups is 3. The van der Waals surface area contributed by atoms with E-state index in [1.54, 1.807) is 0 Å². The second-order valence-corrected chi connectivity index (χ2v) is 6.49. The topological polar surface area (TPSA) is 91.8 Å². The van der Waals surface area contributed by atoms with Crippen molar-refractivity contribution >= 4 is 28.7 Å². The molecule has 1 aromatic heterocycles. The summed E-state index contributed by atoms with van der Waals surface area (Å²) in [6.45, 7) is 2.48. The molecule has 0 radical (unpaired) electrons. The van der Waals surface area contributed by atoms with Crippen molar-refractivity contribution in [3.8, 4) is 5.75 Å². The molecular formula is C19H22N4O4. The van der Waals surface area contributed by atoms with Gasteiger partial charge < -0.3 is 15.0 Å². The largest absolute Gasteiger partial charge is 0.489 e. The van der Waals surface area contributed by atoms with Crippen LogP contribution < -0.4 is 10.1 Å². The molecule has 27 heavy (non-hydrogen) atoms. The highest BCUT2D eigenvalue weighted by molar-refractivity contribution is 6.05. The van der Waals surface area contributed by atoms with E-state index < -0.39 is 12.1 Å². The highest BCUT2D eigenvalue weighted by Gasteiger charge is 2.41. The van der Waals surface area contributed by atoms with Crippen molar-refractivity contribution < 1.29 is 19.1 Å². The summed E-state index contributed by atoms with van der Waals surface area (Å²) >= 11 is 0. The number of benzene rings is 1. The lowest BCUT2D eigenvalue weighted by atomic mass is 10.2. The molecule has 3 rings (SSSR count). The molecule has 8 nitrogen and oxygen atoms in total. The van der Waals surface area contributed by atoms with Gasteiger partial charge in [0.1, 0.15) is 23.9 Å². The van der Waals surface area contributed by atoms with Gasteiger partial charge in [0.25, 0.3) is 5.91 Å². The summed E-state index contributed by atoms with van der Waals surface area (Å²) < 4.78 is 5.75. The number of pyridine rings is 1. The van der Waals surface area contributed by atoms with Crippen LogP contribution in [0.4, 0.5) is 4.79 Å². The van der Waals surface area contributed by atoms with E-state index in [1.165, 1.54) is 19.0 Å². The molecule has 8 heteroatoms. The van der Waals surface area contributed by atoms with Crippen LogP contribution in [-0.2, 0) is 9.59 Å². The Hall–Kier alpha value is -3.16. The maximum atomic E-state index is 12.1. The number of fused-ring (bicyclic) bond motifs is 1. The van der Waals surface area contributed by atoms with E-state index in [2.05, 4.69) is 10.3 Å². The van der Waals surface area contributed by atoms with Gasteiger partial charge in [-0.2, -0.15) is 0 Å². The summed E-state index contributed by atoms with van der Waals surface area (Å²) in [4.78, 5) is 42.6. The van der Waals surface area contributed by atoms with Crippen LogP contribution >= 0.6 is 0 Å².